The number of halogens is 1. The molecule has 0 aliphatic carbocycles. The molecule has 0 radical (unpaired) electrons. The molecule has 7 heteroatoms. The lowest BCUT2D eigenvalue weighted by atomic mass is 10.0. The number of aliphatic hydroxyl groups is 1. The number of fused-ring (bicyclic) bond motifs is 1. The number of carbonyl (C=O) groups excluding carboxylic acids is 2. The van der Waals surface area contributed by atoms with Gasteiger partial charge in [-0.3, -0.25) is 9.59 Å². The van der Waals surface area contributed by atoms with Crippen LogP contribution in [0.5, 0.6) is 0 Å². The number of hydrogen-bond donors (Lipinski definition) is 2. The molecule has 2 unspecified atom stereocenters. The molecular weight excluding hydrogens is 440 g/mol. The average Bonchev–Trinajstić information content (AvgIpc) is 3.01. The van der Waals surface area contributed by atoms with Crippen molar-refractivity contribution in [3.8, 4) is 0 Å². The number of hydrogen-bond acceptors (Lipinski definition) is 4. The minimum absolute atomic E-state index is 0.0687. The van der Waals surface area contributed by atoms with Gasteiger partial charge in [-0.05, 0) is 49.1 Å². The summed E-state index contributed by atoms with van der Waals surface area (Å²) in [6.45, 7) is 0.484. The number of nitrogens with zero attached hydrogens (tertiary/aromatic N) is 1. The molecule has 0 aromatic heterocycles. The molecule has 0 saturated carbocycles. The summed E-state index contributed by atoms with van der Waals surface area (Å²) in [5, 5.41) is 13.2. The molecular formula is C21H29BrN2O3S. The quantitative estimate of drug-likeness (QED) is 0.308. The van der Waals surface area contributed by atoms with E-state index in [1.807, 2.05) is 23.9 Å². The van der Waals surface area contributed by atoms with Crippen LogP contribution in [0.1, 0.15) is 67.3 Å². The number of unbranched alkanes of at least 4 members (excludes halogenated alkanes) is 5. The molecule has 5 nitrogen and oxygen atoms in total. The largest absolute Gasteiger partial charge is 0.374 e. The van der Waals surface area contributed by atoms with E-state index in [2.05, 4.69) is 27.3 Å². The number of benzene rings is 1. The Bertz CT molecular complexity index is 700. The van der Waals surface area contributed by atoms with Gasteiger partial charge in [-0.1, -0.05) is 47.7 Å². The molecule has 2 amide bonds. The Kier molecular flexibility index (Phi) is 8.23. The van der Waals surface area contributed by atoms with E-state index in [1.54, 1.807) is 4.90 Å². The van der Waals surface area contributed by atoms with Crippen molar-refractivity contribution in [2.45, 2.75) is 75.1 Å². The van der Waals surface area contributed by atoms with E-state index < -0.39 is 12.3 Å². The highest BCUT2D eigenvalue weighted by Crippen LogP contribution is 2.34. The van der Waals surface area contributed by atoms with Crippen LogP contribution in [0.15, 0.2) is 23.1 Å². The fourth-order valence-electron chi connectivity index (χ4n) is 3.88. The van der Waals surface area contributed by atoms with E-state index >= 15 is 0 Å². The Morgan fingerprint density at radius 3 is 2.61 bits per heavy atom. The molecule has 2 aliphatic rings. The lowest BCUT2D eigenvalue weighted by Gasteiger charge is -2.32. The molecule has 0 bridgehead atoms. The number of thioether (sulfide) groups is 1. The fourth-order valence-corrected chi connectivity index (χ4v) is 5.36. The lowest BCUT2D eigenvalue weighted by Crippen LogP contribution is -2.54. The van der Waals surface area contributed by atoms with Gasteiger partial charge in [0, 0.05) is 22.3 Å². The number of nitrogens with one attached hydrogen (secondary N) is 1. The maximum Gasteiger partial charge on any atom is 0.255 e. The van der Waals surface area contributed by atoms with Crippen molar-refractivity contribution in [3.05, 3.63) is 29.3 Å². The second kappa shape index (κ2) is 10.6. The Morgan fingerprint density at radius 2 is 1.86 bits per heavy atom. The molecule has 1 aromatic rings. The number of piperidine rings is 1. The number of amides is 2. The first-order chi connectivity index (χ1) is 13.6. The van der Waals surface area contributed by atoms with Gasteiger partial charge in [0.25, 0.3) is 5.91 Å². The summed E-state index contributed by atoms with van der Waals surface area (Å²) in [6, 6.07) is 5.40. The molecule has 2 N–H and O–H groups in total. The minimum atomic E-state index is -0.797. The van der Waals surface area contributed by atoms with Crippen LogP contribution in [-0.4, -0.2) is 45.2 Å². The molecule has 28 heavy (non-hydrogen) atoms. The number of aliphatic hydroxyl groups excluding tert-OH is 1. The van der Waals surface area contributed by atoms with Crippen LogP contribution in [0.2, 0.25) is 0 Å². The Hall–Kier alpha value is -1.05. The summed E-state index contributed by atoms with van der Waals surface area (Å²) < 4.78 is 0. The molecule has 2 heterocycles. The van der Waals surface area contributed by atoms with Crippen molar-refractivity contribution in [1.82, 2.24) is 10.2 Å². The van der Waals surface area contributed by atoms with Crippen molar-refractivity contribution in [2.24, 2.45) is 0 Å². The summed E-state index contributed by atoms with van der Waals surface area (Å²) in [6.07, 6.45) is 7.77. The van der Waals surface area contributed by atoms with Gasteiger partial charge in [0.05, 0.1) is 0 Å². The van der Waals surface area contributed by atoms with Crippen LogP contribution in [0.4, 0.5) is 0 Å². The lowest BCUT2D eigenvalue weighted by molar-refractivity contribution is -0.132. The molecule has 1 aromatic carbocycles. The maximum atomic E-state index is 12.8. The van der Waals surface area contributed by atoms with Gasteiger partial charge in [-0.2, -0.15) is 0 Å². The molecule has 2 atom stereocenters. The number of alkyl halides is 1. The van der Waals surface area contributed by atoms with Crippen LogP contribution >= 0.6 is 27.7 Å². The van der Waals surface area contributed by atoms with Crippen LogP contribution in [0.25, 0.3) is 0 Å². The van der Waals surface area contributed by atoms with Gasteiger partial charge in [0.2, 0.25) is 5.91 Å². The third-order valence-corrected chi connectivity index (χ3v) is 7.19. The Balaban J connectivity index is 1.53. The van der Waals surface area contributed by atoms with E-state index in [4.69, 9.17) is 0 Å². The number of carbonyl (C=O) groups is 2. The summed E-state index contributed by atoms with van der Waals surface area (Å²) >= 11 is 5.29. The minimum Gasteiger partial charge on any atom is -0.374 e. The Morgan fingerprint density at radius 1 is 1.11 bits per heavy atom. The molecule has 3 rings (SSSR count). The first-order valence-corrected chi connectivity index (χ1v) is 12.3. The highest BCUT2D eigenvalue weighted by molar-refractivity contribution is 9.09. The van der Waals surface area contributed by atoms with Crippen molar-refractivity contribution in [2.75, 3.05) is 11.1 Å². The van der Waals surface area contributed by atoms with E-state index in [-0.39, 0.29) is 11.8 Å². The van der Waals surface area contributed by atoms with Gasteiger partial charge in [-0.25, -0.2) is 0 Å². The van der Waals surface area contributed by atoms with Crippen LogP contribution in [-0.2, 0) is 11.3 Å². The summed E-state index contributed by atoms with van der Waals surface area (Å²) in [7, 11) is 0. The molecule has 154 valence electrons. The smallest absolute Gasteiger partial charge is 0.255 e. The second-order valence-electron chi connectivity index (χ2n) is 7.49. The summed E-state index contributed by atoms with van der Waals surface area (Å²) in [4.78, 5) is 27.9. The average molecular weight is 469 g/mol. The van der Waals surface area contributed by atoms with Crippen molar-refractivity contribution >= 4 is 39.5 Å². The predicted molar refractivity (Wildman–Crippen MR) is 116 cm³/mol. The van der Waals surface area contributed by atoms with Crippen molar-refractivity contribution < 1.29 is 14.7 Å². The van der Waals surface area contributed by atoms with Gasteiger partial charge < -0.3 is 15.3 Å². The zero-order valence-electron chi connectivity index (χ0n) is 16.2. The third-order valence-electron chi connectivity index (χ3n) is 5.44. The number of rotatable bonds is 10. The first kappa shape index (κ1) is 21.7. The second-order valence-corrected chi connectivity index (χ2v) is 9.42. The summed E-state index contributed by atoms with van der Waals surface area (Å²) in [5.74, 6) is 0.730. The fraction of sp³-hybridized carbons (Fsp3) is 0.619. The zero-order valence-corrected chi connectivity index (χ0v) is 18.6. The van der Waals surface area contributed by atoms with Crippen LogP contribution in [0, 0.1) is 0 Å². The van der Waals surface area contributed by atoms with Gasteiger partial charge in [-0.15, -0.1) is 11.8 Å². The van der Waals surface area contributed by atoms with Gasteiger partial charge >= 0.3 is 0 Å². The van der Waals surface area contributed by atoms with Crippen molar-refractivity contribution in [3.63, 3.8) is 0 Å². The molecule has 2 aliphatic heterocycles. The normalized spacial score (nSPS) is 21.7. The molecule has 1 fully saturated rings. The van der Waals surface area contributed by atoms with Crippen LogP contribution in [0.3, 0.4) is 0 Å². The van der Waals surface area contributed by atoms with E-state index in [9.17, 15) is 14.7 Å². The van der Waals surface area contributed by atoms with E-state index in [0.717, 1.165) is 27.1 Å². The monoisotopic (exact) mass is 468 g/mol. The van der Waals surface area contributed by atoms with E-state index in [1.165, 1.54) is 38.5 Å². The topological polar surface area (TPSA) is 69.6 Å². The van der Waals surface area contributed by atoms with Gasteiger partial charge in [0.15, 0.2) is 0 Å². The third kappa shape index (κ3) is 5.30. The Labute approximate surface area is 179 Å². The summed E-state index contributed by atoms with van der Waals surface area (Å²) in [5.41, 5.74) is 1.77. The standard InChI is InChI=1S/C21H29BrN2O3S/c22-12-5-3-1-2-4-6-13-28-18-9-7-8-15-16(18)14-24(21(15)27)17-10-11-19(25)23-20(17)26/h7-9,17,19,25H,1-6,10-14H2,(H,23,26). The predicted octanol–water partition coefficient (Wildman–Crippen LogP) is 4.07. The highest BCUT2D eigenvalue weighted by Gasteiger charge is 2.39. The van der Waals surface area contributed by atoms with E-state index in [0.29, 0.717) is 19.4 Å². The highest BCUT2D eigenvalue weighted by atomic mass is 79.9. The first-order valence-electron chi connectivity index (χ1n) is 10.2. The SMILES string of the molecule is O=C1NC(O)CCC1N1Cc2c(SCCCCCCCCBr)cccc2C1=O. The molecule has 0 spiro atoms. The zero-order chi connectivity index (χ0) is 19.9. The van der Waals surface area contributed by atoms with Crippen molar-refractivity contribution in [1.29, 1.82) is 0 Å². The molecule has 1 saturated heterocycles. The van der Waals surface area contributed by atoms with Gasteiger partial charge in [0.1, 0.15) is 12.3 Å². The maximum absolute atomic E-state index is 12.8. The van der Waals surface area contributed by atoms with Crippen LogP contribution < -0.4 is 5.32 Å².